The van der Waals surface area contributed by atoms with Gasteiger partial charge in [-0.25, -0.2) is 8.78 Å². The molecule has 4 nitrogen and oxygen atoms in total. The molecule has 174 valence electrons. The second kappa shape index (κ2) is 10.5. The zero-order chi connectivity index (χ0) is 24.1. The van der Waals surface area contributed by atoms with Crippen LogP contribution in [-0.2, 0) is 12.8 Å². The van der Waals surface area contributed by atoms with Gasteiger partial charge in [-0.05, 0) is 73.1 Å². The van der Waals surface area contributed by atoms with Gasteiger partial charge in [-0.3, -0.25) is 4.98 Å². The van der Waals surface area contributed by atoms with Crippen LogP contribution in [0.3, 0.4) is 0 Å². The Bertz CT molecular complexity index is 1220. The number of nitrogens with one attached hydrogen (secondary N) is 1. The van der Waals surface area contributed by atoms with Gasteiger partial charge >= 0.3 is 0 Å². The number of piperidine rings is 1. The zero-order valence-electron chi connectivity index (χ0n) is 19.3. The Kier molecular flexibility index (Phi) is 7.22. The average Bonchev–Trinajstić information content (AvgIpc) is 2.86. The van der Waals surface area contributed by atoms with E-state index in [4.69, 9.17) is 0 Å². The number of aryl methyl sites for hydroxylation is 1. The number of halogens is 2. The van der Waals surface area contributed by atoms with Crippen molar-refractivity contribution in [1.29, 1.82) is 5.26 Å². The lowest BCUT2D eigenvalue weighted by atomic mass is 9.89. The van der Waals surface area contributed by atoms with Crippen LogP contribution in [0.15, 0.2) is 61.4 Å². The molecule has 0 amide bonds. The summed E-state index contributed by atoms with van der Waals surface area (Å²) in [6.07, 6.45) is 6.86. The number of rotatable bonds is 7. The number of nitriles is 1. The molecule has 1 aromatic heterocycles. The van der Waals surface area contributed by atoms with Gasteiger partial charge in [0.05, 0.1) is 23.0 Å². The molecule has 3 aromatic rings. The van der Waals surface area contributed by atoms with Crippen LogP contribution in [0.2, 0.25) is 0 Å². The zero-order valence-corrected chi connectivity index (χ0v) is 19.3. The summed E-state index contributed by atoms with van der Waals surface area (Å²) in [4.78, 5) is 6.50. The summed E-state index contributed by atoms with van der Waals surface area (Å²) >= 11 is 0. The summed E-state index contributed by atoms with van der Waals surface area (Å²) in [7, 11) is 0. The minimum Gasteiger partial charge on any atom is -0.370 e. The van der Waals surface area contributed by atoms with E-state index >= 15 is 0 Å². The van der Waals surface area contributed by atoms with E-state index in [-0.39, 0.29) is 0 Å². The minimum absolute atomic E-state index is 0.338. The minimum atomic E-state index is -0.545. The maximum absolute atomic E-state index is 14.1. The maximum atomic E-state index is 14.1. The highest BCUT2D eigenvalue weighted by molar-refractivity contribution is 5.84. The topological polar surface area (TPSA) is 52.0 Å². The van der Waals surface area contributed by atoms with Crippen LogP contribution in [0.25, 0.3) is 5.70 Å². The highest BCUT2D eigenvalue weighted by Gasteiger charge is 2.23. The molecule has 4 rings (SSSR count). The monoisotopic (exact) mass is 458 g/mol. The number of anilines is 2. The van der Waals surface area contributed by atoms with E-state index in [9.17, 15) is 14.0 Å². The summed E-state index contributed by atoms with van der Waals surface area (Å²) in [6.45, 7) is 7.95. The van der Waals surface area contributed by atoms with E-state index in [2.05, 4.69) is 34.8 Å². The standard InChI is InChI=1S/C28H28F2N4/c1-3-22-18-32-11-8-25(22)19(2)33-27-15-21(17-31)4-7-28(27)34-12-9-20(10-13-34)14-23-5-6-24(29)16-26(23)30/h4-8,11,15-16,18,20,33H,2-3,9-10,12-14H2,1H3. The number of hydrogen-bond donors (Lipinski definition) is 1. The quantitative estimate of drug-likeness (QED) is 0.449. The fraction of sp³-hybridized carbons (Fsp3) is 0.286. The summed E-state index contributed by atoms with van der Waals surface area (Å²) in [5.41, 5.74) is 5.87. The van der Waals surface area contributed by atoms with Gasteiger partial charge in [0.1, 0.15) is 11.6 Å². The van der Waals surface area contributed by atoms with Crippen LogP contribution in [0, 0.1) is 28.9 Å². The molecule has 6 heteroatoms. The third-order valence-corrected chi connectivity index (χ3v) is 6.50. The molecule has 1 aliphatic rings. The Morgan fingerprint density at radius 1 is 1.15 bits per heavy atom. The molecule has 0 unspecified atom stereocenters. The van der Waals surface area contributed by atoms with E-state index in [1.54, 1.807) is 12.3 Å². The summed E-state index contributed by atoms with van der Waals surface area (Å²) in [5, 5.41) is 12.9. The molecule has 0 saturated carbocycles. The number of benzene rings is 2. The summed E-state index contributed by atoms with van der Waals surface area (Å²) < 4.78 is 27.3. The van der Waals surface area contributed by atoms with Crippen molar-refractivity contribution in [3.63, 3.8) is 0 Å². The fourth-order valence-electron chi connectivity index (χ4n) is 4.59. The van der Waals surface area contributed by atoms with E-state index in [0.717, 1.165) is 66.6 Å². The number of pyridine rings is 1. The molecule has 34 heavy (non-hydrogen) atoms. The van der Waals surface area contributed by atoms with Crippen molar-refractivity contribution >= 4 is 17.1 Å². The Balaban J connectivity index is 1.49. The molecule has 2 aromatic carbocycles. The van der Waals surface area contributed by atoms with Gasteiger partial charge in [0.15, 0.2) is 0 Å². The number of hydrogen-bond acceptors (Lipinski definition) is 4. The molecular weight excluding hydrogens is 430 g/mol. The Labute approximate surface area is 199 Å². The SMILES string of the molecule is C=C(Nc1cc(C#N)ccc1N1CCC(Cc2ccc(F)cc2F)CC1)c1ccncc1CC. The van der Waals surface area contributed by atoms with Gasteiger partial charge in [0.25, 0.3) is 0 Å². The third-order valence-electron chi connectivity index (χ3n) is 6.50. The Morgan fingerprint density at radius 2 is 1.94 bits per heavy atom. The summed E-state index contributed by atoms with van der Waals surface area (Å²) in [6, 6.07) is 13.6. The van der Waals surface area contributed by atoms with Gasteiger partial charge < -0.3 is 10.2 Å². The van der Waals surface area contributed by atoms with Gasteiger partial charge in [-0.1, -0.05) is 19.6 Å². The van der Waals surface area contributed by atoms with Crippen LogP contribution in [0.5, 0.6) is 0 Å². The van der Waals surface area contributed by atoms with Crippen molar-refractivity contribution in [2.75, 3.05) is 23.3 Å². The molecule has 2 heterocycles. The normalized spacial score (nSPS) is 14.0. The van der Waals surface area contributed by atoms with Gasteiger partial charge in [-0.2, -0.15) is 5.26 Å². The predicted octanol–water partition coefficient (Wildman–Crippen LogP) is 6.34. The van der Waals surface area contributed by atoms with Crippen LogP contribution in [-0.4, -0.2) is 18.1 Å². The van der Waals surface area contributed by atoms with Crippen LogP contribution in [0.1, 0.15) is 42.0 Å². The highest BCUT2D eigenvalue weighted by Crippen LogP contribution is 2.34. The van der Waals surface area contributed by atoms with E-state index in [1.165, 1.54) is 6.07 Å². The van der Waals surface area contributed by atoms with Crippen molar-refractivity contribution in [3.8, 4) is 6.07 Å². The summed E-state index contributed by atoms with van der Waals surface area (Å²) in [5.74, 6) is -0.677. The second-order valence-corrected chi connectivity index (χ2v) is 8.70. The van der Waals surface area contributed by atoms with Gasteiger partial charge in [-0.15, -0.1) is 0 Å². The highest BCUT2D eigenvalue weighted by atomic mass is 19.1. The molecule has 1 N–H and O–H groups in total. The Morgan fingerprint density at radius 3 is 2.65 bits per heavy atom. The maximum Gasteiger partial charge on any atom is 0.129 e. The van der Waals surface area contributed by atoms with Crippen LogP contribution < -0.4 is 10.2 Å². The van der Waals surface area contributed by atoms with Crippen LogP contribution in [0.4, 0.5) is 20.2 Å². The molecule has 1 fully saturated rings. The largest absolute Gasteiger partial charge is 0.370 e. The van der Waals surface area contributed by atoms with Gasteiger partial charge in [0, 0.05) is 42.8 Å². The smallest absolute Gasteiger partial charge is 0.129 e. The molecule has 0 bridgehead atoms. The first-order valence-corrected chi connectivity index (χ1v) is 11.6. The molecule has 0 atom stereocenters. The lowest BCUT2D eigenvalue weighted by Gasteiger charge is -2.35. The molecule has 0 radical (unpaired) electrons. The molecule has 1 aliphatic heterocycles. The van der Waals surface area contributed by atoms with Crippen molar-refractivity contribution < 1.29 is 8.78 Å². The Hall–Kier alpha value is -3.72. The first-order valence-electron chi connectivity index (χ1n) is 11.6. The van der Waals surface area contributed by atoms with E-state index in [1.807, 2.05) is 30.5 Å². The van der Waals surface area contributed by atoms with Crippen LogP contribution >= 0.6 is 0 Å². The fourth-order valence-corrected chi connectivity index (χ4v) is 4.59. The first kappa shape index (κ1) is 23.4. The van der Waals surface area contributed by atoms with Crippen molar-refractivity contribution in [3.05, 3.63) is 95.3 Å². The lowest BCUT2D eigenvalue weighted by molar-refractivity contribution is 0.397. The van der Waals surface area contributed by atoms with E-state index in [0.29, 0.717) is 23.5 Å². The lowest BCUT2D eigenvalue weighted by Crippen LogP contribution is -2.34. The number of nitrogens with zero attached hydrogens (tertiary/aromatic N) is 3. The second-order valence-electron chi connectivity index (χ2n) is 8.70. The van der Waals surface area contributed by atoms with Crippen molar-refractivity contribution in [2.24, 2.45) is 5.92 Å². The predicted molar refractivity (Wildman–Crippen MR) is 132 cm³/mol. The average molecular weight is 459 g/mol. The van der Waals surface area contributed by atoms with Gasteiger partial charge in [0.2, 0.25) is 0 Å². The number of aromatic nitrogens is 1. The van der Waals surface area contributed by atoms with Crippen molar-refractivity contribution in [1.82, 2.24) is 4.98 Å². The molecular formula is C28H28F2N4. The van der Waals surface area contributed by atoms with Crippen molar-refractivity contribution in [2.45, 2.75) is 32.6 Å². The molecule has 1 saturated heterocycles. The first-order chi connectivity index (χ1) is 16.5. The molecule has 0 aliphatic carbocycles. The third kappa shape index (κ3) is 5.26. The molecule has 0 spiro atoms. The van der Waals surface area contributed by atoms with E-state index < -0.39 is 11.6 Å².